The number of nitrogens with one attached hydrogen (secondary N) is 1. The van der Waals surface area contributed by atoms with Crippen molar-refractivity contribution in [3.8, 4) is 11.5 Å². The summed E-state index contributed by atoms with van der Waals surface area (Å²) < 4.78 is 5.59. The highest BCUT2D eigenvalue weighted by Gasteiger charge is 2.23. The van der Waals surface area contributed by atoms with Crippen LogP contribution in [0.15, 0.2) is 54.6 Å². The maximum atomic E-state index is 12.2. The van der Waals surface area contributed by atoms with Crippen molar-refractivity contribution in [3.05, 3.63) is 86.9 Å². The lowest BCUT2D eigenvalue weighted by Gasteiger charge is -2.16. The zero-order valence-corrected chi connectivity index (χ0v) is 20.9. The number of carbonyl (C=O) groups excluding carboxylic acids is 1. The van der Waals surface area contributed by atoms with Crippen molar-refractivity contribution in [2.24, 2.45) is 5.92 Å². The Morgan fingerprint density at radius 2 is 1.79 bits per heavy atom. The summed E-state index contributed by atoms with van der Waals surface area (Å²) >= 11 is 13.1. The number of aromatic hydroxyl groups is 1. The van der Waals surface area contributed by atoms with Gasteiger partial charge in [-0.2, -0.15) is 0 Å². The summed E-state index contributed by atoms with van der Waals surface area (Å²) in [6.07, 6.45) is 4.47. The molecule has 0 spiro atoms. The van der Waals surface area contributed by atoms with Crippen LogP contribution in [0.2, 0.25) is 10.0 Å². The van der Waals surface area contributed by atoms with E-state index in [4.69, 9.17) is 27.9 Å². The summed E-state index contributed by atoms with van der Waals surface area (Å²) in [6, 6.07) is 16.6. The Labute approximate surface area is 210 Å². The molecule has 0 aliphatic heterocycles. The molecule has 1 aliphatic rings. The smallest absolute Gasteiger partial charge is 0.262 e. The van der Waals surface area contributed by atoms with Crippen molar-refractivity contribution >= 4 is 34.8 Å². The molecule has 3 aromatic rings. The first-order valence-electron chi connectivity index (χ1n) is 11.6. The largest absolute Gasteiger partial charge is 0.506 e. The number of hydrogen-bond acceptors (Lipinski definition) is 3. The number of amides is 1. The molecule has 4 nitrogen and oxygen atoms in total. The number of carbonyl (C=O) groups is 1. The van der Waals surface area contributed by atoms with E-state index in [1.54, 1.807) is 30.3 Å². The fraction of sp³-hybridized carbons (Fsp3) is 0.321. The molecule has 2 N–H and O–H groups in total. The molecule has 1 aliphatic carbocycles. The van der Waals surface area contributed by atoms with Gasteiger partial charge in [0.25, 0.3) is 5.91 Å². The molecular weight excluding hydrogens is 469 g/mol. The molecule has 0 unspecified atom stereocenters. The quantitative estimate of drug-likeness (QED) is 0.303. The average molecular weight is 498 g/mol. The van der Waals surface area contributed by atoms with Crippen molar-refractivity contribution < 1.29 is 14.6 Å². The van der Waals surface area contributed by atoms with Crippen molar-refractivity contribution in [3.63, 3.8) is 0 Å². The molecule has 1 saturated carbocycles. The maximum absolute atomic E-state index is 12.2. The Bertz CT molecular complexity index is 1170. The fourth-order valence-corrected chi connectivity index (χ4v) is 4.66. The Kier molecular flexibility index (Phi) is 7.70. The van der Waals surface area contributed by atoms with Crippen LogP contribution >= 0.6 is 23.2 Å². The van der Waals surface area contributed by atoms with Crippen molar-refractivity contribution in [1.29, 1.82) is 0 Å². The molecule has 0 atom stereocenters. The van der Waals surface area contributed by atoms with Gasteiger partial charge in [0.15, 0.2) is 6.61 Å². The van der Waals surface area contributed by atoms with Gasteiger partial charge in [0.05, 0.1) is 5.69 Å². The number of anilines is 1. The van der Waals surface area contributed by atoms with Crippen LogP contribution in [0, 0.1) is 5.92 Å². The van der Waals surface area contributed by atoms with Crippen LogP contribution in [-0.2, 0) is 17.6 Å². The highest BCUT2D eigenvalue weighted by Crippen LogP contribution is 2.36. The van der Waals surface area contributed by atoms with E-state index >= 15 is 0 Å². The number of phenolic OH excluding ortho intramolecular Hbond substituents is 1. The lowest BCUT2D eigenvalue weighted by Crippen LogP contribution is -2.20. The molecule has 1 fully saturated rings. The predicted molar refractivity (Wildman–Crippen MR) is 138 cm³/mol. The topological polar surface area (TPSA) is 58.6 Å². The van der Waals surface area contributed by atoms with Gasteiger partial charge < -0.3 is 15.2 Å². The minimum atomic E-state index is -0.398. The summed E-state index contributed by atoms with van der Waals surface area (Å²) in [7, 11) is 0. The van der Waals surface area contributed by atoms with Gasteiger partial charge in [0, 0.05) is 16.5 Å². The summed E-state index contributed by atoms with van der Waals surface area (Å²) in [5.41, 5.74) is 5.17. The van der Waals surface area contributed by atoms with Crippen molar-refractivity contribution in [2.75, 3.05) is 11.9 Å². The molecule has 0 radical (unpaired) electrons. The van der Waals surface area contributed by atoms with Gasteiger partial charge in [-0.1, -0.05) is 67.4 Å². The molecule has 0 bridgehead atoms. The molecular formula is C28H29Cl2NO3. The second kappa shape index (κ2) is 10.7. The van der Waals surface area contributed by atoms with E-state index in [0.29, 0.717) is 33.8 Å². The lowest BCUT2D eigenvalue weighted by atomic mass is 9.90. The standard InChI is InChI=1S/C28H29Cl2NO3/c1-17(2)22-12-19(9-10-20(22)11-18-7-8-18)13-23-24(29)14-21(15-25(23)30)34-16-28(33)31-26-5-3-4-6-27(26)32/h3-6,9-10,12,14-15,17-18,32H,7-8,11,13,16H2,1-2H3,(H,31,33). The van der Waals surface area contributed by atoms with Gasteiger partial charge in [-0.05, 0) is 77.6 Å². The van der Waals surface area contributed by atoms with E-state index < -0.39 is 5.91 Å². The van der Waals surface area contributed by atoms with E-state index in [2.05, 4.69) is 37.4 Å². The zero-order chi connectivity index (χ0) is 24.2. The minimum absolute atomic E-state index is 0.00696. The molecule has 0 aromatic heterocycles. The van der Waals surface area contributed by atoms with Gasteiger partial charge in [-0.15, -0.1) is 0 Å². The van der Waals surface area contributed by atoms with Crippen molar-refractivity contribution in [1.82, 2.24) is 0 Å². The molecule has 3 aromatic carbocycles. The fourth-order valence-electron chi connectivity index (χ4n) is 4.06. The van der Waals surface area contributed by atoms with Crippen molar-refractivity contribution in [2.45, 2.75) is 45.4 Å². The normalized spacial score (nSPS) is 13.2. The highest BCUT2D eigenvalue weighted by molar-refractivity contribution is 6.36. The summed E-state index contributed by atoms with van der Waals surface area (Å²) in [6.45, 7) is 4.23. The van der Waals surface area contributed by atoms with Crippen LogP contribution in [0.5, 0.6) is 11.5 Å². The molecule has 0 saturated heterocycles. The van der Waals surface area contributed by atoms with Crippen LogP contribution in [0.1, 0.15) is 54.9 Å². The van der Waals surface area contributed by atoms with Gasteiger partial charge in [-0.25, -0.2) is 0 Å². The van der Waals surface area contributed by atoms with Crippen LogP contribution in [-0.4, -0.2) is 17.6 Å². The van der Waals surface area contributed by atoms with Crippen LogP contribution in [0.4, 0.5) is 5.69 Å². The number of para-hydroxylation sites is 2. The molecule has 34 heavy (non-hydrogen) atoms. The number of rotatable bonds is 9. The third kappa shape index (κ3) is 6.25. The van der Waals surface area contributed by atoms with E-state index in [1.807, 2.05) is 0 Å². The average Bonchev–Trinajstić information content (AvgIpc) is 3.61. The number of hydrogen-bond donors (Lipinski definition) is 2. The summed E-state index contributed by atoms with van der Waals surface area (Å²) in [5, 5.41) is 13.4. The summed E-state index contributed by atoms with van der Waals surface area (Å²) in [4.78, 5) is 12.2. The van der Waals surface area contributed by atoms with E-state index in [-0.39, 0.29) is 12.4 Å². The maximum Gasteiger partial charge on any atom is 0.262 e. The van der Waals surface area contributed by atoms with Gasteiger partial charge in [0.2, 0.25) is 0 Å². The zero-order valence-electron chi connectivity index (χ0n) is 19.4. The minimum Gasteiger partial charge on any atom is -0.506 e. The molecule has 6 heteroatoms. The van der Waals surface area contributed by atoms with Gasteiger partial charge >= 0.3 is 0 Å². The molecule has 1 amide bonds. The van der Waals surface area contributed by atoms with E-state index in [0.717, 1.165) is 11.5 Å². The Morgan fingerprint density at radius 1 is 1.09 bits per heavy atom. The first-order chi connectivity index (χ1) is 16.3. The molecule has 0 heterocycles. The van der Waals surface area contributed by atoms with Crippen LogP contribution in [0.25, 0.3) is 0 Å². The number of halogens is 2. The van der Waals surface area contributed by atoms with Crippen LogP contribution < -0.4 is 10.1 Å². The lowest BCUT2D eigenvalue weighted by molar-refractivity contribution is -0.118. The molecule has 4 rings (SSSR count). The van der Waals surface area contributed by atoms with Gasteiger partial charge in [0.1, 0.15) is 11.5 Å². The third-order valence-electron chi connectivity index (χ3n) is 6.08. The van der Waals surface area contributed by atoms with Gasteiger partial charge in [-0.3, -0.25) is 4.79 Å². The highest BCUT2D eigenvalue weighted by atomic mass is 35.5. The number of phenols is 1. The SMILES string of the molecule is CC(C)c1cc(Cc2c(Cl)cc(OCC(=O)Nc3ccccc3O)cc2Cl)ccc1CC1CC1. The van der Waals surface area contributed by atoms with E-state index in [9.17, 15) is 9.90 Å². The Hall–Kier alpha value is -2.69. The first-order valence-corrected chi connectivity index (χ1v) is 12.4. The second-order valence-corrected chi connectivity index (χ2v) is 10.0. The Morgan fingerprint density at radius 3 is 2.44 bits per heavy atom. The van der Waals surface area contributed by atoms with E-state index in [1.165, 1.54) is 42.0 Å². The molecule has 178 valence electrons. The predicted octanol–water partition coefficient (Wildman–Crippen LogP) is 7.38. The third-order valence-corrected chi connectivity index (χ3v) is 6.76. The van der Waals surface area contributed by atoms with Crippen LogP contribution in [0.3, 0.4) is 0 Å². The number of benzene rings is 3. The Balaban J connectivity index is 1.42. The number of ether oxygens (including phenoxy) is 1. The monoisotopic (exact) mass is 497 g/mol. The second-order valence-electron chi connectivity index (χ2n) is 9.23. The first kappa shape index (κ1) is 24.4. The summed E-state index contributed by atoms with van der Waals surface area (Å²) in [5.74, 6) is 1.31.